The van der Waals surface area contributed by atoms with Gasteiger partial charge in [0.15, 0.2) is 0 Å². The normalized spacial score (nSPS) is 10.7. The number of aryl methyl sites for hydroxylation is 2. The van der Waals surface area contributed by atoms with Crippen molar-refractivity contribution >= 4 is 12.1 Å². The highest BCUT2D eigenvalue weighted by atomic mass is 16.5. The Balaban J connectivity index is 2.09. The summed E-state index contributed by atoms with van der Waals surface area (Å²) in [5.74, 6) is 2.21. The second-order valence-electron chi connectivity index (χ2n) is 4.63. The van der Waals surface area contributed by atoms with E-state index < -0.39 is 0 Å². The molecule has 2 rings (SSSR count). The third-order valence-electron chi connectivity index (χ3n) is 3.10. The van der Waals surface area contributed by atoms with Crippen LogP contribution in [0, 0.1) is 13.8 Å². The molecule has 0 atom stereocenters. The van der Waals surface area contributed by atoms with Gasteiger partial charge in [0.25, 0.3) is 5.91 Å². The molecule has 22 heavy (non-hydrogen) atoms. The Labute approximate surface area is 128 Å². The van der Waals surface area contributed by atoms with E-state index in [9.17, 15) is 4.79 Å². The van der Waals surface area contributed by atoms with Gasteiger partial charge in [-0.05, 0) is 32.0 Å². The van der Waals surface area contributed by atoms with Crippen LogP contribution in [0.3, 0.4) is 0 Å². The Bertz CT molecular complexity index is 704. The molecular weight excluding hydrogens is 284 g/mol. The van der Waals surface area contributed by atoms with Crippen molar-refractivity contribution < 1.29 is 18.7 Å². The zero-order valence-electron chi connectivity index (χ0n) is 13.0. The molecule has 1 heterocycles. The summed E-state index contributed by atoms with van der Waals surface area (Å²) in [5, 5.41) is 3.95. The summed E-state index contributed by atoms with van der Waals surface area (Å²) in [7, 11) is 3.14. The van der Waals surface area contributed by atoms with E-state index in [1.165, 1.54) is 6.21 Å². The standard InChI is InChI=1S/C16H18N2O4/c1-10-7-14(11(2)22-10)16(19)18-17-9-12-5-6-13(20-3)8-15(12)21-4/h5-9H,1-4H3,(H,18,19)/b17-9+. The second kappa shape index (κ2) is 6.80. The van der Waals surface area contributed by atoms with E-state index in [1.54, 1.807) is 52.3 Å². The minimum Gasteiger partial charge on any atom is -0.497 e. The predicted octanol–water partition coefficient (Wildman–Crippen LogP) is 2.68. The first kappa shape index (κ1) is 15.6. The highest BCUT2D eigenvalue weighted by molar-refractivity contribution is 5.96. The van der Waals surface area contributed by atoms with E-state index >= 15 is 0 Å². The maximum absolute atomic E-state index is 12.0. The summed E-state index contributed by atoms with van der Waals surface area (Å²) in [6.07, 6.45) is 1.51. The molecule has 0 saturated carbocycles. The molecule has 0 aliphatic carbocycles. The Morgan fingerprint density at radius 2 is 2.00 bits per heavy atom. The second-order valence-corrected chi connectivity index (χ2v) is 4.63. The van der Waals surface area contributed by atoms with Crippen LogP contribution in [0.1, 0.15) is 27.4 Å². The molecule has 0 aliphatic rings. The molecule has 0 saturated heterocycles. The highest BCUT2D eigenvalue weighted by Crippen LogP contribution is 2.23. The molecule has 0 unspecified atom stereocenters. The van der Waals surface area contributed by atoms with Crippen LogP contribution in [0.4, 0.5) is 0 Å². The SMILES string of the molecule is COc1ccc(/C=N/NC(=O)c2cc(C)oc2C)c(OC)c1. The molecular formula is C16H18N2O4. The molecule has 1 aromatic carbocycles. The quantitative estimate of drug-likeness (QED) is 0.681. The van der Waals surface area contributed by atoms with Crippen LogP contribution in [0.2, 0.25) is 0 Å². The van der Waals surface area contributed by atoms with Gasteiger partial charge in [-0.3, -0.25) is 4.79 Å². The minimum absolute atomic E-state index is 0.321. The molecule has 1 aromatic heterocycles. The molecule has 0 bridgehead atoms. The maximum Gasteiger partial charge on any atom is 0.274 e. The van der Waals surface area contributed by atoms with Crippen molar-refractivity contribution in [2.75, 3.05) is 14.2 Å². The lowest BCUT2D eigenvalue weighted by Gasteiger charge is -2.06. The lowest BCUT2D eigenvalue weighted by atomic mass is 10.2. The Morgan fingerprint density at radius 1 is 1.23 bits per heavy atom. The van der Waals surface area contributed by atoms with Crippen LogP contribution in [0.5, 0.6) is 11.5 Å². The fourth-order valence-corrected chi connectivity index (χ4v) is 2.00. The summed E-state index contributed by atoms with van der Waals surface area (Å²) >= 11 is 0. The van der Waals surface area contributed by atoms with Gasteiger partial charge in [0, 0.05) is 11.6 Å². The average molecular weight is 302 g/mol. The van der Waals surface area contributed by atoms with Gasteiger partial charge in [-0.2, -0.15) is 5.10 Å². The predicted molar refractivity (Wildman–Crippen MR) is 82.8 cm³/mol. The molecule has 116 valence electrons. The van der Waals surface area contributed by atoms with Crippen LogP contribution in [0.15, 0.2) is 33.8 Å². The average Bonchev–Trinajstić information content (AvgIpc) is 2.86. The van der Waals surface area contributed by atoms with Crippen LogP contribution in [-0.4, -0.2) is 26.3 Å². The number of carbonyl (C=O) groups is 1. The molecule has 0 radical (unpaired) electrons. The topological polar surface area (TPSA) is 73.1 Å². The van der Waals surface area contributed by atoms with Gasteiger partial charge in [-0.1, -0.05) is 0 Å². The number of methoxy groups -OCH3 is 2. The van der Waals surface area contributed by atoms with E-state index in [1.807, 2.05) is 0 Å². The third kappa shape index (κ3) is 3.46. The van der Waals surface area contributed by atoms with Crippen molar-refractivity contribution in [1.29, 1.82) is 0 Å². The maximum atomic E-state index is 12.0. The Hall–Kier alpha value is -2.76. The third-order valence-corrected chi connectivity index (χ3v) is 3.10. The highest BCUT2D eigenvalue weighted by Gasteiger charge is 2.12. The molecule has 6 nitrogen and oxygen atoms in total. The van der Waals surface area contributed by atoms with E-state index in [0.717, 1.165) is 5.56 Å². The lowest BCUT2D eigenvalue weighted by molar-refractivity contribution is 0.0953. The van der Waals surface area contributed by atoms with Crippen molar-refractivity contribution in [3.63, 3.8) is 0 Å². The van der Waals surface area contributed by atoms with Crippen molar-refractivity contribution in [2.45, 2.75) is 13.8 Å². The lowest BCUT2D eigenvalue weighted by Crippen LogP contribution is -2.17. The largest absolute Gasteiger partial charge is 0.497 e. The fourth-order valence-electron chi connectivity index (χ4n) is 2.00. The fraction of sp³-hybridized carbons (Fsp3) is 0.250. The summed E-state index contributed by atoms with van der Waals surface area (Å²) in [6, 6.07) is 7.00. The molecule has 2 aromatic rings. The molecule has 1 N–H and O–H groups in total. The van der Waals surface area contributed by atoms with Crippen molar-refractivity contribution in [3.05, 3.63) is 46.9 Å². The van der Waals surface area contributed by atoms with Gasteiger partial charge in [0.05, 0.1) is 26.0 Å². The molecule has 0 fully saturated rings. The molecule has 6 heteroatoms. The number of amides is 1. The van der Waals surface area contributed by atoms with Crippen LogP contribution < -0.4 is 14.9 Å². The summed E-state index contributed by atoms with van der Waals surface area (Å²) in [6.45, 7) is 3.52. The molecule has 1 amide bonds. The number of carbonyl (C=O) groups excluding carboxylic acids is 1. The van der Waals surface area contributed by atoms with Crippen LogP contribution >= 0.6 is 0 Å². The number of nitrogens with one attached hydrogen (secondary N) is 1. The van der Waals surface area contributed by atoms with Crippen LogP contribution in [0.25, 0.3) is 0 Å². The number of benzene rings is 1. The number of rotatable bonds is 5. The molecule has 0 spiro atoms. The monoisotopic (exact) mass is 302 g/mol. The van der Waals surface area contributed by atoms with Gasteiger partial charge >= 0.3 is 0 Å². The van der Waals surface area contributed by atoms with Gasteiger partial charge in [0.2, 0.25) is 0 Å². The van der Waals surface area contributed by atoms with Crippen molar-refractivity contribution in [1.82, 2.24) is 5.43 Å². The van der Waals surface area contributed by atoms with Gasteiger partial charge in [-0.25, -0.2) is 5.43 Å². The number of nitrogens with zero attached hydrogens (tertiary/aromatic N) is 1. The van der Waals surface area contributed by atoms with Crippen LogP contribution in [-0.2, 0) is 0 Å². The summed E-state index contributed by atoms with van der Waals surface area (Å²) < 4.78 is 15.7. The zero-order chi connectivity index (χ0) is 16.1. The van der Waals surface area contributed by atoms with Gasteiger partial charge in [-0.15, -0.1) is 0 Å². The number of hydrogen-bond donors (Lipinski definition) is 1. The zero-order valence-corrected chi connectivity index (χ0v) is 13.0. The smallest absolute Gasteiger partial charge is 0.274 e. The Morgan fingerprint density at radius 3 is 2.59 bits per heavy atom. The number of hydrazone groups is 1. The minimum atomic E-state index is -0.321. The first-order chi connectivity index (χ1) is 10.5. The first-order valence-corrected chi connectivity index (χ1v) is 6.67. The van der Waals surface area contributed by atoms with E-state index in [2.05, 4.69) is 10.5 Å². The van der Waals surface area contributed by atoms with Gasteiger partial charge in [0.1, 0.15) is 23.0 Å². The summed E-state index contributed by atoms with van der Waals surface area (Å²) in [5.41, 5.74) is 3.66. The van der Waals surface area contributed by atoms with E-state index in [0.29, 0.717) is 28.6 Å². The Kier molecular flexibility index (Phi) is 4.83. The number of ether oxygens (including phenoxy) is 2. The van der Waals surface area contributed by atoms with E-state index in [4.69, 9.17) is 13.9 Å². The van der Waals surface area contributed by atoms with E-state index in [-0.39, 0.29) is 5.91 Å². The van der Waals surface area contributed by atoms with Crippen molar-refractivity contribution in [2.24, 2.45) is 5.10 Å². The first-order valence-electron chi connectivity index (χ1n) is 6.67. The number of furan rings is 1. The molecule has 0 aliphatic heterocycles. The number of hydrogen-bond acceptors (Lipinski definition) is 5. The summed E-state index contributed by atoms with van der Waals surface area (Å²) in [4.78, 5) is 12.0. The van der Waals surface area contributed by atoms with Crippen molar-refractivity contribution in [3.8, 4) is 11.5 Å². The van der Waals surface area contributed by atoms with Gasteiger partial charge < -0.3 is 13.9 Å².